The second kappa shape index (κ2) is 2.84. The van der Waals surface area contributed by atoms with E-state index in [2.05, 4.69) is 34.5 Å². The Morgan fingerprint density at radius 1 is 1.38 bits per heavy atom. The third-order valence-electron chi connectivity index (χ3n) is 2.59. The molecule has 68 valence electrons. The summed E-state index contributed by atoms with van der Waals surface area (Å²) < 4.78 is 0. The summed E-state index contributed by atoms with van der Waals surface area (Å²) in [7, 11) is 0. The van der Waals surface area contributed by atoms with Crippen LogP contribution in [0.4, 0.5) is 11.4 Å². The van der Waals surface area contributed by atoms with E-state index >= 15 is 0 Å². The second-order valence-corrected chi connectivity index (χ2v) is 4.62. The Bertz CT molecular complexity index is 326. The van der Waals surface area contributed by atoms with Crippen molar-refractivity contribution >= 4 is 23.1 Å². The number of hydrogen-bond acceptors (Lipinski definition) is 3. The molecule has 2 aliphatic heterocycles. The van der Waals surface area contributed by atoms with E-state index in [1.807, 2.05) is 11.8 Å². The summed E-state index contributed by atoms with van der Waals surface area (Å²) in [4.78, 5) is 2.46. The summed E-state index contributed by atoms with van der Waals surface area (Å²) in [5.74, 6) is 1.28. The van der Waals surface area contributed by atoms with E-state index in [-0.39, 0.29) is 0 Å². The van der Waals surface area contributed by atoms with Gasteiger partial charge in [-0.3, -0.25) is 0 Å². The first-order chi connectivity index (χ1) is 6.45. The standard InChI is InChI=1S/C10H12N2S/c1-2-5-9-8(4-1)11-10-12(9)6-3-7-13-10/h1-2,4-5,10-11H,3,6-7H2. The average molecular weight is 192 g/mol. The number of thioether (sulfide) groups is 1. The second-order valence-electron chi connectivity index (χ2n) is 3.43. The Morgan fingerprint density at radius 2 is 2.31 bits per heavy atom. The number of anilines is 2. The van der Waals surface area contributed by atoms with Crippen molar-refractivity contribution in [1.82, 2.24) is 0 Å². The molecule has 3 rings (SSSR count). The van der Waals surface area contributed by atoms with Crippen molar-refractivity contribution < 1.29 is 0 Å². The topological polar surface area (TPSA) is 15.3 Å². The van der Waals surface area contributed by atoms with E-state index in [0.717, 1.165) is 0 Å². The Labute approximate surface area is 82.3 Å². The van der Waals surface area contributed by atoms with E-state index in [4.69, 9.17) is 0 Å². The number of fused-ring (bicyclic) bond motifs is 3. The highest BCUT2D eigenvalue weighted by molar-refractivity contribution is 8.00. The predicted octanol–water partition coefficient (Wildman–Crippen LogP) is 2.34. The molecule has 0 aliphatic carbocycles. The van der Waals surface area contributed by atoms with Gasteiger partial charge < -0.3 is 10.2 Å². The van der Waals surface area contributed by atoms with Gasteiger partial charge in [0.1, 0.15) is 5.50 Å². The van der Waals surface area contributed by atoms with Crippen LogP contribution in [0.1, 0.15) is 6.42 Å². The van der Waals surface area contributed by atoms with Gasteiger partial charge in [0.25, 0.3) is 0 Å². The van der Waals surface area contributed by atoms with Crippen molar-refractivity contribution in [2.75, 3.05) is 22.5 Å². The molecule has 0 aromatic heterocycles. The maximum atomic E-state index is 3.53. The highest BCUT2D eigenvalue weighted by atomic mass is 32.2. The fourth-order valence-electron chi connectivity index (χ4n) is 1.98. The monoisotopic (exact) mass is 192 g/mol. The molecule has 13 heavy (non-hydrogen) atoms. The van der Waals surface area contributed by atoms with Gasteiger partial charge in [-0.15, -0.1) is 11.8 Å². The van der Waals surface area contributed by atoms with Gasteiger partial charge in [0, 0.05) is 6.54 Å². The van der Waals surface area contributed by atoms with Crippen molar-refractivity contribution in [1.29, 1.82) is 0 Å². The Hall–Kier alpha value is -0.830. The molecule has 1 N–H and O–H groups in total. The molecule has 0 spiro atoms. The molecule has 1 aromatic carbocycles. The van der Waals surface area contributed by atoms with Crippen LogP contribution in [-0.4, -0.2) is 17.8 Å². The molecular weight excluding hydrogens is 180 g/mol. The molecule has 1 saturated heterocycles. The summed E-state index contributed by atoms with van der Waals surface area (Å²) in [6.45, 7) is 1.20. The Balaban J connectivity index is 2.01. The van der Waals surface area contributed by atoms with Gasteiger partial charge in [0.15, 0.2) is 0 Å². The number of rotatable bonds is 0. The minimum atomic E-state index is 0.492. The minimum absolute atomic E-state index is 0.492. The molecule has 1 atom stereocenters. The lowest BCUT2D eigenvalue weighted by molar-refractivity contribution is 0.772. The first kappa shape index (κ1) is 7.56. The summed E-state index contributed by atoms with van der Waals surface area (Å²) >= 11 is 2.01. The zero-order chi connectivity index (χ0) is 8.67. The van der Waals surface area contributed by atoms with Crippen molar-refractivity contribution in [3.63, 3.8) is 0 Å². The Morgan fingerprint density at radius 3 is 3.31 bits per heavy atom. The normalized spacial score (nSPS) is 24.9. The molecule has 2 aliphatic rings. The minimum Gasteiger partial charge on any atom is -0.355 e. The van der Waals surface area contributed by atoms with Gasteiger partial charge in [-0.25, -0.2) is 0 Å². The van der Waals surface area contributed by atoms with Gasteiger partial charge in [-0.05, 0) is 24.3 Å². The van der Waals surface area contributed by atoms with Crippen LogP contribution in [0, 0.1) is 0 Å². The van der Waals surface area contributed by atoms with Crippen molar-refractivity contribution in [3.05, 3.63) is 24.3 Å². The maximum Gasteiger partial charge on any atom is 0.148 e. The van der Waals surface area contributed by atoms with Gasteiger partial charge in [0.2, 0.25) is 0 Å². The third-order valence-corrected chi connectivity index (χ3v) is 3.81. The summed E-state index contributed by atoms with van der Waals surface area (Å²) in [5, 5.41) is 3.53. The Kier molecular flexibility index (Phi) is 1.65. The first-order valence-corrected chi connectivity index (χ1v) is 5.74. The van der Waals surface area contributed by atoms with Crippen LogP contribution in [0.2, 0.25) is 0 Å². The molecule has 0 bridgehead atoms. The number of nitrogens with one attached hydrogen (secondary N) is 1. The van der Waals surface area contributed by atoms with Crippen LogP contribution in [0.3, 0.4) is 0 Å². The van der Waals surface area contributed by atoms with Gasteiger partial charge >= 0.3 is 0 Å². The summed E-state index contributed by atoms with van der Waals surface area (Å²) in [6, 6.07) is 8.57. The zero-order valence-corrected chi connectivity index (χ0v) is 8.18. The molecule has 0 amide bonds. The van der Waals surface area contributed by atoms with E-state index in [1.165, 1.54) is 30.1 Å². The summed E-state index contributed by atoms with van der Waals surface area (Å²) in [6.07, 6.45) is 1.30. The molecular formula is C10H12N2S. The fraction of sp³-hybridized carbons (Fsp3) is 0.400. The van der Waals surface area contributed by atoms with Crippen LogP contribution in [0.25, 0.3) is 0 Å². The highest BCUT2D eigenvalue weighted by Gasteiger charge is 2.30. The van der Waals surface area contributed by atoms with Crippen molar-refractivity contribution in [2.45, 2.75) is 11.9 Å². The van der Waals surface area contributed by atoms with E-state index in [1.54, 1.807) is 0 Å². The highest BCUT2D eigenvalue weighted by Crippen LogP contribution is 2.40. The average Bonchev–Trinajstić information content (AvgIpc) is 2.56. The van der Waals surface area contributed by atoms with Crippen LogP contribution in [-0.2, 0) is 0 Å². The third kappa shape index (κ3) is 1.10. The molecule has 1 aromatic rings. The molecule has 0 saturated carbocycles. The predicted molar refractivity (Wildman–Crippen MR) is 58.3 cm³/mol. The molecule has 1 fully saturated rings. The van der Waals surface area contributed by atoms with Crippen molar-refractivity contribution in [3.8, 4) is 0 Å². The number of para-hydroxylation sites is 2. The van der Waals surface area contributed by atoms with Gasteiger partial charge in [-0.1, -0.05) is 12.1 Å². The van der Waals surface area contributed by atoms with Crippen LogP contribution in [0.15, 0.2) is 24.3 Å². The number of hydrogen-bond donors (Lipinski definition) is 1. The van der Waals surface area contributed by atoms with Gasteiger partial charge in [-0.2, -0.15) is 0 Å². The molecule has 0 radical (unpaired) electrons. The van der Waals surface area contributed by atoms with E-state index in [0.29, 0.717) is 5.50 Å². The van der Waals surface area contributed by atoms with Crippen LogP contribution < -0.4 is 10.2 Å². The lowest BCUT2D eigenvalue weighted by atomic mass is 10.2. The fourth-order valence-corrected chi connectivity index (χ4v) is 3.11. The molecule has 1 unspecified atom stereocenters. The summed E-state index contributed by atoms with van der Waals surface area (Å²) in [5.41, 5.74) is 3.16. The quantitative estimate of drug-likeness (QED) is 0.679. The first-order valence-electron chi connectivity index (χ1n) is 4.69. The number of benzene rings is 1. The molecule has 2 heterocycles. The van der Waals surface area contributed by atoms with Crippen molar-refractivity contribution in [2.24, 2.45) is 0 Å². The lowest BCUT2D eigenvalue weighted by Gasteiger charge is -2.30. The van der Waals surface area contributed by atoms with E-state index in [9.17, 15) is 0 Å². The lowest BCUT2D eigenvalue weighted by Crippen LogP contribution is -2.37. The largest absolute Gasteiger partial charge is 0.355 e. The SMILES string of the molecule is c1ccc2c(c1)NC1SCCCN21. The zero-order valence-electron chi connectivity index (χ0n) is 7.36. The van der Waals surface area contributed by atoms with Crippen LogP contribution >= 0.6 is 11.8 Å². The van der Waals surface area contributed by atoms with Gasteiger partial charge in [0.05, 0.1) is 11.4 Å². The molecule has 3 heteroatoms. The van der Waals surface area contributed by atoms with E-state index < -0.39 is 0 Å². The smallest absolute Gasteiger partial charge is 0.148 e. The number of nitrogens with zero attached hydrogens (tertiary/aromatic N) is 1. The maximum absolute atomic E-state index is 3.53. The molecule has 2 nitrogen and oxygen atoms in total. The van der Waals surface area contributed by atoms with Crippen LogP contribution in [0.5, 0.6) is 0 Å².